The van der Waals surface area contributed by atoms with Crippen LogP contribution in [0.3, 0.4) is 0 Å². The largest absolute Gasteiger partial charge is 0.428 e. The Morgan fingerprint density at radius 3 is 2.00 bits per heavy atom. The minimum absolute atomic E-state index is 0.171. The molecule has 0 N–H and O–H groups in total. The molecule has 2 aliphatic rings. The Morgan fingerprint density at radius 2 is 1.58 bits per heavy atom. The summed E-state index contributed by atoms with van der Waals surface area (Å²) in [6, 6.07) is -0.934. The fourth-order valence-corrected chi connectivity index (χ4v) is 2.67. The van der Waals surface area contributed by atoms with Gasteiger partial charge in [0.15, 0.2) is 0 Å². The Hall–Kier alpha value is -1.20. The molecule has 0 aromatic carbocycles. The molecular weight excluding hydrogens is 361 g/mol. The molecule has 2 fully saturated rings. The first kappa shape index (κ1) is 19.1. The summed E-state index contributed by atoms with van der Waals surface area (Å²) in [7, 11) is 0. The van der Waals surface area contributed by atoms with Gasteiger partial charge in [-0.05, 0) is 26.2 Å². The van der Waals surface area contributed by atoms with E-state index in [1.54, 1.807) is 0 Å². The number of amides is 1. The van der Waals surface area contributed by atoms with E-state index in [2.05, 4.69) is 4.74 Å². The van der Waals surface area contributed by atoms with Crippen molar-refractivity contribution in [2.45, 2.75) is 62.0 Å². The second-order valence-corrected chi connectivity index (χ2v) is 5.78. The van der Waals surface area contributed by atoms with Gasteiger partial charge in [-0.25, -0.2) is 0 Å². The summed E-state index contributed by atoms with van der Waals surface area (Å²) >= 11 is 0. The van der Waals surface area contributed by atoms with Crippen LogP contribution in [0.1, 0.15) is 26.2 Å². The second kappa shape index (κ2) is 5.15. The molecule has 0 spiro atoms. The number of likely N-dealkylation sites (tertiary alicyclic amines) is 1. The van der Waals surface area contributed by atoms with Crippen LogP contribution in [0.25, 0.3) is 0 Å². The predicted molar refractivity (Wildman–Crippen MR) is 59.7 cm³/mol. The summed E-state index contributed by atoms with van der Waals surface area (Å²) in [6.07, 6.45) is -5.37. The Kier molecular flexibility index (Phi) is 4.10. The van der Waals surface area contributed by atoms with Crippen LogP contribution in [-0.4, -0.2) is 53.1 Å². The van der Waals surface area contributed by atoms with Gasteiger partial charge in [0.2, 0.25) is 0 Å². The maximum atomic E-state index is 14.1. The zero-order valence-electron chi connectivity index (χ0n) is 12.1. The SMILES string of the molecule is CC1CCCCN1C(=O)C(F)(F)C1(F)OC(F)(F)C(F)(F)C1(F)F. The van der Waals surface area contributed by atoms with Crippen LogP contribution in [0.15, 0.2) is 0 Å². The van der Waals surface area contributed by atoms with Crippen molar-refractivity contribution < 1.29 is 49.0 Å². The fraction of sp³-hybridized carbons (Fsp3) is 0.917. The quantitative estimate of drug-likeness (QED) is 0.693. The molecule has 2 unspecified atom stereocenters. The van der Waals surface area contributed by atoms with Gasteiger partial charge in [0.1, 0.15) is 0 Å². The lowest BCUT2D eigenvalue weighted by molar-refractivity contribution is -0.368. The number of alkyl halides is 9. The molecule has 2 aliphatic heterocycles. The van der Waals surface area contributed by atoms with Crippen molar-refractivity contribution in [1.29, 1.82) is 0 Å². The molecule has 0 aromatic heterocycles. The number of hydrogen-bond donors (Lipinski definition) is 0. The lowest BCUT2D eigenvalue weighted by atomic mass is 9.96. The van der Waals surface area contributed by atoms with Gasteiger partial charge in [0.05, 0.1) is 0 Å². The van der Waals surface area contributed by atoms with Crippen molar-refractivity contribution in [3.63, 3.8) is 0 Å². The van der Waals surface area contributed by atoms with Crippen molar-refractivity contribution in [2.75, 3.05) is 6.54 Å². The van der Waals surface area contributed by atoms with E-state index < -0.39 is 41.7 Å². The minimum Gasteiger partial charge on any atom is -0.335 e. The molecule has 2 heterocycles. The Labute approximate surface area is 129 Å². The standard InChI is InChI=1S/C12H12F9NO2/c1-6-4-2-3-5-22(6)7(23)8(13,14)11(19)9(15,16)10(17,18)12(20,21)24-11/h6H,2-5H2,1H3. The highest BCUT2D eigenvalue weighted by Gasteiger charge is 2.96. The topological polar surface area (TPSA) is 29.5 Å². The molecule has 12 heteroatoms. The van der Waals surface area contributed by atoms with Gasteiger partial charge < -0.3 is 4.90 Å². The maximum Gasteiger partial charge on any atom is 0.428 e. The van der Waals surface area contributed by atoms with E-state index in [1.165, 1.54) is 6.92 Å². The maximum absolute atomic E-state index is 14.1. The number of carbonyl (C=O) groups excluding carboxylic acids is 1. The Bertz CT molecular complexity index is 539. The molecule has 0 aromatic rings. The summed E-state index contributed by atoms with van der Waals surface area (Å²) in [5.74, 6) is -28.0. The lowest BCUT2D eigenvalue weighted by Crippen LogP contribution is -2.66. The second-order valence-electron chi connectivity index (χ2n) is 5.78. The summed E-state index contributed by atoms with van der Waals surface area (Å²) in [6.45, 7) is 0.860. The smallest absolute Gasteiger partial charge is 0.335 e. The molecule has 0 radical (unpaired) electrons. The van der Waals surface area contributed by atoms with Crippen molar-refractivity contribution >= 4 is 5.91 Å². The average Bonchev–Trinajstić information content (AvgIpc) is 2.54. The Morgan fingerprint density at radius 1 is 1.04 bits per heavy atom. The predicted octanol–water partition coefficient (Wildman–Crippen LogP) is 3.58. The third-order valence-electron chi connectivity index (χ3n) is 4.17. The highest BCUT2D eigenvalue weighted by atomic mass is 19.4. The van der Waals surface area contributed by atoms with Gasteiger partial charge in [-0.15, -0.1) is 0 Å². The lowest BCUT2D eigenvalue weighted by Gasteiger charge is -2.39. The van der Waals surface area contributed by atoms with Gasteiger partial charge in [0, 0.05) is 12.6 Å². The molecule has 140 valence electrons. The van der Waals surface area contributed by atoms with Crippen molar-refractivity contribution in [3.05, 3.63) is 0 Å². The Balaban J connectivity index is 2.46. The third kappa shape index (κ3) is 2.14. The van der Waals surface area contributed by atoms with E-state index in [-0.39, 0.29) is 19.4 Å². The van der Waals surface area contributed by atoms with E-state index in [0.29, 0.717) is 11.3 Å². The highest BCUT2D eigenvalue weighted by molar-refractivity contribution is 5.85. The molecule has 2 rings (SSSR count). The molecule has 0 saturated carbocycles. The van der Waals surface area contributed by atoms with Gasteiger partial charge in [-0.3, -0.25) is 9.53 Å². The third-order valence-corrected chi connectivity index (χ3v) is 4.17. The number of carbonyl (C=O) groups is 1. The van der Waals surface area contributed by atoms with Crippen LogP contribution in [0.4, 0.5) is 39.5 Å². The summed E-state index contributed by atoms with van der Waals surface area (Å²) in [4.78, 5) is 12.1. The number of rotatable bonds is 2. The summed E-state index contributed by atoms with van der Waals surface area (Å²) in [5, 5.41) is 0. The molecule has 3 nitrogen and oxygen atoms in total. The van der Waals surface area contributed by atoms with Crippen LogP contribution in [-0.2, 0) is 9.53 Å². The molecule has 0 bridgehead atoms. The fourth-order valence-electron chi connectivity index (χ4n) is 2.67. The number of halogens is 9. The zero-order chi connectivity index (χ0) is 18.8. The zero-order valence-corrected chi connectivity index (χ0v) is 12.1. The highest BCUT2D eigenvalue weighted by Crippen LogP contribution is 2.64. The first-order chi connectivity index (χ1) is 10.6. The molecule has 24 heavy (non-hydrogen) atoms. The normalized spacial score (nSPS) is 35.1. The summed E-state index contributed by atoms with van der Waals surface area (Å²) in [5.41, 5.74) is 0. The molecule has 2 saturated heterocycles. The number of hydrogen-bond acceptors (Lipinski definition) is 2. The number of piperidine rings is 1. The molecule has 2 atom stereocenters. The van der Waals surface area contributed by atoms with Gasteiger partial charge >= 0.3 is 29.7 Å². The van der Waals surface area contributed by atoms with Gasteiger partial charge in [-0.2, -0.15) is 39.5 Å². The van der Waals surface area contributed by atoms with Crippen LogP contribution in [0.5, 0.6) is 0 Å². The molecular formula is C12H12F9NO2. The van der Waals surface area contributed by atoms with E-state index in [1.807, 2.05) is 0 Å². The first-order valence-corrected chi connectivity index (χ1v) is 6.85. The van der Waals surface area contributed by atoms with Gasteiger partial charge in [0.25, 0.3) is 5.91 Å². The summed E-state index contributed by atoms with van der Waals surface area (Å²) < 4.78 is 123. The van der Waals surface area contributed by atoms with E-state index in [9.17, 15) is 44.3 Å². The number of nitrogens with zero attached hydrogens (tertiary/aromatic N) is 1. The first-order valence-electron chi connectivity index (χ1n) is 6.85. The van der Waals surface area contributed by atoms with Crippen LogP contribution >= 0.6 is 0 Å². The monoisotopic (exact) mass is 373 g/mol. The average molecular weight is 373 g/mol. The van der Waals surface area contributed by atoms with Crippen molar-refractivity contribution in [2.24, 2.45) is 0 Å². The van der Waals surface area contributed by atoms with E-state index in [4.69, 9.17) is 0 Å². The molecule has 1 amide bonds. The van der Waals surface area contributed by atoms with E-state index in [0.717, 1.165) is 0 Å². The minimum atomic E-state index is -6.64. The van der Waals surface area contributed by atoms with Crippen molar-refractivity contribution in [1.82, 2.24) is 4.90 Å². The van der Waals surface area contributed by atoms with Crippen LogP contribution < -0.4 is 0 Å². The van der Waals surface area contributed by atoms with Crippen LogP contribution in [0, 0.1) is 0 Å². The van der Waals surface area contributed by atoms with Gasteiger partial charge in [-0.1, -0.05) is 0 Å². The number of ether oxygens (including phenoxy) is 1. The van der Waals surface area contributed by atoms with Crippen LogP contribution in [0.2, 0.25) is 0 Å². The van der Waals surface area contributed by atoms with E-state index >= 15 is 0 Å². The molecule has 0 aliphatic carbocycles. The van der Waals surface area contributed by atoms with Crippen molar-refractivity contribution in [3.8, 4) is 0 Å².